The molecule has 1 aromatic carbocycles. The van der Waals surface area contributed by atoms with Gasteiger partial charge in [-0.05, 0) is 43.9 Å². The number of aromatic nitrogens is 2. The average Bonchev–Trinajstić information content (AvgIpc) is 2.58. The third kappa shape index (κ3) is 3.87. The highest BCUT2D eigenvalue weighted by Gasteiger charge is 2.25. The van der Waals surface area contributed by atoms with Crippen molar-refractivity contribution in [1.82, 2.24) is 9.97 Å². The lowest BCUT2D eigenvalue weighted by Crippen LogP contribution is -2.36. The number of aliphatic carboxylic acids is 1. The molecule has 0 aliphatic carbocycles. The lowest BCUT2D eigenvalue weighted by molar-refractivity contribution is -0.142. The van der Waals surface area contributed by atoms with Crippen LogP contribution in [0.15, 0.2) is 40.5 Å². The van der Waals surface area contributed by atoms with Gasteiger partial charge in [-0.1, -0.05) is 23.9 Å². The number of benzene rings is 1. The number of hydrogen-bond acceptors (Lipinski definition) is 5. The zero-order valence-electron chi connectivity index (χ0n) is 13.9. The number of aryl methyl sites for hydroxylation is 2. The standard InChI is InChI=1S/C18H21N3O2S/c1-12-3-4-13(2)15(9-12)24-17-10-16(19-11-20-17)21-7-5-14(6-8-21)18(22)23/h3-4,9-11,14H,5-8H2,1-2H3,(H,22,23). The molecule has 1 aliphatic rings. The first-order valence-corrected chi connectivity index (χ1v) is 8.89. The predicted octanol–water partition coefficient (Wildman–Crippen LogP) is 3.55. The van der Waals surface area contributed by atoms with Crippen LogP contribution in [-0.2, 0) is 4.79 Å². The third-order valence-corrected chi connectivity index (χ3v) is 5.45. The minimum Gasteiger partial charge on any atom is -0.481 e. The second-order valence-corrected chi connectivity index (χ2v) is 7.25. The first-order valence-electron chi connectivity index (χ1n) is 8.08. The van der Waals surface area contributed by atoms with E-state index in [1.807, 2.05) is 6.07 Å². The Kier molecular flexibility index (Phi) is 5.04. The molecule has 3 rings (SSSR count). The summed E-state index contributed by atoms with van der Waals surface area (Å²) in [5.41, 5.74) is 2.46. The molecule has 1 N–H and O–H groups in total. The van der Waals surface area contributed by atoms with Crippen molar-refractivity contribution in [3.8, 4) is 0 Å². The molecule has 126 valence electrons. The van der Waals surface area contributed by atoms with Crippen molar-refractivity contribution < 1.29 is 9.90 Å². The van der Waals surface area contributed by atoms with Crippen LogP contribution in [0.2, 0.25) is 0 Å². The van der Waals surface area contributed by atoms with E-state index in [0.717, 1.165) is 23.9 Å². The van der Waals surface area contributed by atoms with E-state index in [1.54, 1.807) is 18.1 Å². The van der Waals surface area contributed by atoms with Crippen LogP contribution in [0.1, 0.15) is 24.0 Å². The number of nitrogens with zero attached hydrogens (tertiary/aromatic N) is 3. The van der Waals surface area contributed by atoms with Crippen molar-refractivity contribution in [2.45, 2.75) is 36.6 Å². The van der Waals surface area contributed by atoms with Crippen molar-refractivity contribution in [2.75, 3.05) is 18.0 Å². The van der Waals surface area contributed by atoms with Crippen LogP contribution >= 0.6 is 11.8 Å². The normalized spacial score (nSPS) is 15.5. The first kappa shape index (κ1) is 16.8. The molecule has 0 amide bonds. The van der Waals surface area contributed by atoms with Gasteiger partial charge in [0.15, 0.2) is 0 Å². The largest absolute Gasteiger partial charge is 0.481 e. The number of piperidine rings is 1. The summed E-state index contributed by atoms with van der Waals surface area (Å²) in [6, 6.07) is 8.39. The van der Waals surface area contributed by atoms with Crippen molar-refractivity contribution >= 4 is 23.5 Å². The molecule has 1 aliphatic heterocycles. The molecule has 24 heavy (non-hydrogen) atoms. The molecule has 0 spiro atoms. The second kappa shape index (κ2) is 7.21. The molecule has 0 radical (unpaired) electrons. The van der Waals surface area contributed by atoms with Crippen LogP contribution in [0.5, 0.6) is 0 Å². The predicted molar refractivity (Wildman–Crippen MR) is 94.6 cm³/mol. The van der Waals surface area contributed by atoms with E-state index in [1.165, 1.54) is 16.0 Å². The van der Waals surface area contributed by atoms with Crippen LogP contribution in [0.3, 0.4) is 0 Å². The summed E-state index contributed by atoms with van der Waals surface area (Å²) in [6.45, 7) is 5.63. The lowest BCUT2D eigenvalue weighted by atomic mass is 9.97. The maximum Gasteiger partial charge on any atom is 0.306 e. The highest BCUT2D eigenvalue weighted by Crippen LogP contribution is 2.31. The van der Waals surface area contributed by atoms with Crippen LogP contribution in [-0.4, -0.2) is 34.1 Å². The van der Waals surface area contributed by atoms with Gasteiger partial charge in [-0.3, -0.25) is 4.79 Å². The van der Waals surface area contributed by atoms with Crippen molar-refractivity contribution in [1.29, 1.82) is 0 Å². The minimum atomic E-state index is -0.691. The molecule has 5 nitrogen and oxygen atoms in total. The molecular formula is C18H21N3O2S. The molecular weight excluding hydrogens is 322 g/mol. The van der Waals surface area contributed by atoms with Gasteiger partial charge in [0.1, 0.15) is 17.2 Å². The van der Waals surface area contributed by atoms with Gasteiger partial charge < -0.3 is 10.0 Å². The molecule has 6 heteroatoms. The fourth-order valence-electron chi connectivity index (χ4n) is 2.84. The van der Waals surface area contributed by atoms with Crippen LogP contribution in [0.25, 0.3) is 0 Å². The smallest absolute Gasteiger partial charge is 0.306 e. The van der Waals surface area contributed by atoms with E-state index in [9.17, 15) is 4.79 Å². The second-order valence-electron chi connectivity index (χ2n) is 6.19. The third-order valence-electron chi connectivity index (χ3n) is 4.35. The van der Waals surface area contributed by atoms with Gasteiger partial charge >= 0.3 is 5.97 Å². The Morgan fingerprint density at radius 2 is 1.96 bits per heavy atom. The number of hydrogen-bond donors (Lipinski definition) is 1. The molecule has 0 saturated carbocycles. The summed E-state index contributed by atoms with van der Waals surface area (Å²) in [5.74, 6) is -0.0444. The summed E-state index contributed by atoms with van der Waals surface area (Å²) < 4.78 is 0. The molecule has 0 unspecified atom stereocenters. The topological polar surface area (TPSA) is 66.3 Å². The molecule has 0 atom stereocenters. The summed E-state index contributed by atoms with van der Waals surface area (Å²) in [6.07, 6.45) is 2.92. The fourth-order valence-corrected chi connectivity index (χ4v) is 3.81. The fraction of sp³-hybridized carbons (Fsp3) is 0.389. The maximum atomic E-state index is 11.1. The zero-order chi connectivity index (χ0) is 17.1. The van der Waals surface area contributed by atoms with Crippen LogP contribution in [0.4, 0.5) is 5.82 Å². The quantitative estimate of drug-likeness (QED) is 0.857. The van der Waals surface area contributed by atoms with Crippen LogP contribution < -0.4 is 4.90 Å². The Balaban J connectivity index is 1.73. The molecule has 0 bridgehead atoms. The number of anilines is 1. The summed E-state index contributed by atoms with van der Waals surface area (Å²) >= 11 is 1.64. The average molecular weight is 343 g/mol. The zero-order valence-corrected chi connectivity index (χ0v) is 14.7. The van der Waals surface area contributed by atoms with E-state index in [4.69, 9.17) is 5.11 Å². The van der Waals surface area contributed by atoms with Crippen molar-refractivity contribution in [2.24, 2.45) is 5.92 Å². The van der Waals surface area contributed by atoms with Gasteiger partial charge in [0.05, 0.1) is 5.92 Å². The SMILES string of the molecule is Cc1ccc(C)c(Sc2cc(N3CCC(C(=O)O)CC3)ncn2)c1. The van der Waals surface area contributed by atoms with Gasteiger partial charge in [-0.15, -0.1) is 0 Å². The minimum absolute atomic E-state index is 0.230. The van der Waals surface area contributed by atoms with E-state index in [-0.39, 0.29) is 5.92 Å². The molecule has 2 aromatic rings. The summed E-state index contributed by atoms with van der Waals surface area (Å²) in [4.78, 5) is 23.2. The lowest BCUT2D eigenvalue weighted by Gasteiger charge is -2.31. The molecule has 1 aromatic heterocycles. The Morgan fingerprint density at radius 3 is 2.67 bits per heavy atom. The Hall–Kier alpha value is -2.08. The Morgan fingerprint density at radius 1 is 1.21 bits per heavy atom. The number of carboxylic acid groups (broad SMARTS) is 1. The summed E-state index contributed by atoms with van der Waals surface area (Å²) in [7, 11) is 0. The van der Waals surface area contributed by atoms with Gasteiger partial charge in [0.2, 0.25) is 0 Å². The Bertz CT molecular complexity index is 743. The molecule has 1 fully saturated rings. The maximum absolute atomic E-state index is 11.1. The van der Waals surface area contributed by atoms with Crippen molar-refractivity contribution in [3.63, 3.8) is 0 Å². The summed E-state index contributed by atoms with van der Waals surface area (Å²) in [5, 5.41) is 10.0. The van der Waals surface area contributed by atoms with E-state index < -0.39 is 5.97 Å². The number of carboxylic acids is 1. The van der Waals surface area contributed by atoms with Gasteiger partial charge in [0.25, 0.3) is 0 Å². The monoisotopic (exact) mass is 343 g/mol. The van der Waals surface area contributed by atoms with E-state index in [2.05, 4.69) is 46.9 Å². The first-order chi connectivity index (χ1) is 11.5. The molecule has 1 saturated heterocycles. The van der Waals surface area contributed by atoms with Crippen molar-refractivity contribution in [3.05, 3.63) is 41.7 Å². The number of rotatable bonds is 4. The number of carbonyl (C=O) groups is 1. The van der Waals surface area contributed by atoms with Gasteiger partial charge in [-0.2, -0.15) is 0 Å². The van der Waals surface area contributed by atoms with Gasteiger partial charge in [0, 0.05) is 24.1 Å². The van der Waals surface area contributed by atoms with E-state index >= 15 is 0 Å². The van der Waals surface area contributed by atoms with Gasteiger partial charge in [-0.25, -0.2) is 9.97 Å². The highest BCUT2D eigenvalue weighted by molar-refractivity contribution is 7.99. The van der Waals surface area contributed by atoms with E-state index in [0.29, 0.717) is 12.8 Å². The highest BCUT2D eigenvalue weighted by atomic mass is 32.2. The Labute approximate surface area is 146 Å². The van der Waals surface area contributed by atoms with Crippen LogP contribution in [0, 0.1) is 19.8 Å². The molecule has 2 heterocycles.